The number of ether oxygens (including phenoxy) is 1. The number of carbonyl (C=O) groups excluding carboxylic acids is 1. The highest BCUT2D eigenvalue weighted by Crippen LogP contribution is 2.25. The van der Waals surface area contributed by atoms with E-state index in [9.17, 15) is 4.79 Å². The van der Waals surface area contributed by atoms with E-state index >= 15 is 0 Å². The lowest BCUT2D eigenvalue weighted by atomic mass is 10.0. The van der Waals surface area contributed by atoms with E-state index in [1.807, 2.05) is 29.2 Å². The second-order valence-electron chi connectivity index (χ2n) is 5.07. The number of hydrogen-bond acceptors (Lipinski definition) is 4. The van der Waals surface area contributed by atoms with Gasteiger partial charge >= 0.3 is 0 Å². The van der Waals surface area contributed by atoms with Crippen molar-refractivity contribution >= 4 is 5.91 Å². The zero-order valence-corrected chi connectivity index (χ0v) is 12.0. The molecule has 2 heterocycles. The van der Waals surface area contributed by atoms with Gasteiger partial charge in [0.25, 0.3) is 5.91 Å². The average Bonchev–Trinajstić information content (AvgIpc) is 3.09. The number of nitrogens with zero attached hydrogens (tertiary/aromatic N) is 4. The first-order chi connectivity index (χ1) is 10.3. The SMILES string of the molecule is COc1ccccc1C(=O)N1CCC(n2nccn2)CC1. The van der Waals surface area contributed by atoms with Crippen LogP contribution in [0.25, 0.3) is 0 Å². The molecule has 1 aromatic carbocycles. The zero-order chi connectivity index (χ0) is 14.7. The Morgan fingerprint density at radius 2 is 1.86 bits per heavy atom. The number of piperidine rings is 1. The quantitative estimate of drug-likeness (QED) is 0.862. The molecule has 1 aliphatic heterocycles. The minimum absolute atomic E-state index is 0.0272. The lowest BCUT2D eigenvalue weighted by Crippen LogP contribution is -2.39. The second-order valence-corrected chi connectivity index (χ2v) is 5.07. The maximum absolute atomic E-state index is 12.6. The number of benzene rings is 1. The van der Waals surface area contributed by atoms with Crippen molar-refractivity contribution in [3.63, 3.8) is 0 Å². The van der Waals surface area contributed by atoms with E-state index in [1.165, 1.54) is 0 Å². The highest BCUT2D eigenvalue weighted by Gasteiger charge is 2.26. The Balaban J connectivity index is 1.68. The Kier molecular flexibility index (Phi) is 3.85. The molecule has 1 saturated heterocycles. The number of amides is 1. The lowest BCUT2D eigenvalue weighted by molar-refractivity contribution is 0.0680. The van der Waals surface area contributed by atoms with Gasteiger partial charge in [0.15, 0.2) is 0 Å². The summed E-state index contributed by atoms with van der Waals surface area (Å²) in [4.78, 5) is 16.2. The fourth-order valence-corrected chi connectivity index (χ4v) is 2.71. The largest absolute Gasteiger partial charge is 0.496 e. The molecule has 0 spiro atoms. The monoisotopic (exact) mass is 286 g/mol. The summed E-state index contributed by atoms with van der Waals surface area (Å²) in [7, 11) is 1.59. The highest BCUT2D eigenvalue weighted by molar-refractivity contribution is 5.97. The Morgan fingerprint density at radius 1 is 1.19 bits per heavy atom. The van der Waals surface area contributed by atoms with Crippen LogP contribution in [0.1, 0.15) is 29.2 Å². The van der Waals surface area contributed by atoms with Gasteiger partial charge in [-0.15, -0.1) is 0 Å². The van der Waals surface area contributed by atoms with E-state index in [1.54, 1.807) is 24.3 Å². The number of hydrogen-bond donors (Lipinski definition) is 0. The van der Waals surface area contributed by atoms with Gasteiger partial charge in [0.2, 0.25) is 0 Å². The maximum Gasteiger partial charge on any atom is 0.257 e. The van der Waals surface area contributed by atoms with Gasteiger partial charge in [0.1, 0.15) is 5.75 Å². The first-order valence-corrected chi connectivity index (χ1v) is 7.07. The van der Waals surface area contributed by atoms with Gasteiger partial charge in [0.05, 0.1) is 31.1 Å². The van der Waals surface area contributed by atoms with Crippen molar-refractivity contribution in [3.05, 3.63) is 42.2 Å². The summed E-state index contributed by atoms with van der Waals surface area (Å²) < 4.78 is 5.27. The number of carbonyl (C=O) groups is 1. The average molecular weight is 286 g/mol. The third kappa shape index (κ3) is 2.74. The molecule has 6 heteroatoms. The molecule has 0 unspecified atom stereocenters. The van der Waals surface area contributed by atoms with E-state index in [-0.39, 0.29) is 11.9 Å². The highest BCUT2D eigenvalue weighted by atomic mass is 16.5. The molecule has 3 rings (SSSR count). The summed E-state index contributed by atoms with van der Waals surface area (Å²) in [5, 5.41) is 8.35. The fraction of sp³-hybridized carbons (Fsp3) is 0.400. The van der Waals surface area contributed by atoms with Gasteiger partial charge in [-0.1, -0.05) is 12.1 Å². The van der Waals surface area contributed by atoms with Crippen molar-refractivity contribution in [1.29, 1.82) is 0 Å². The summed E-state index contributed by atoms with van der Waals surface area (Å²) in [5.74, 6) is 0.651. The Bertz CT molecular complexity index is 604. The molecule has 1 aromatic heterocycles. The minimum atomic E-state index is 0.0272. The van der Waals surface area contributed by atoms with Gasteiger partial charge in [-0.05, 0) is 25.0 Å². The molecule has 1 aliphatic rings. The van der Waals surface area contributed by atoms with Gasteiger partial charge in [-0.2, -0.15) is 15.0 Å². The van der Waals surface area contributed by atoms with Gasteiger partial charge in [0, 0.05) is 13.1 Å². The number of para-hydroxylation sites is 1. The molecule has 6 nitrogen and oxygen atoms in total. The maximum atomic E-state index is 12.6. The van der Waals surface area contributed by atoms with Crippen LogP contribution in [0.2, 0.25) is 0 Å². The van der Waals surface area contributed by atoms with Crippen LogP contribution in [0.15, 0.2) is 36.7 Å². The molecular weight excluding hydrogens is 268 g/mol. The van der Waals surface area contributed by atoms with Crippen LogP contribution in [0.4, 0.5) is 0 Å². The summed E-state index contributed by atoms with van der Waals surface area (Å²) in [5.41, 5.74) is 0.621. The van der Waals surface area contributed by atoms with Crippen LogP contribution in [0, 0.1) is 0 Å². The third-order valence-electron chi connectivity index (χ3n) is 3.85. The molecule has 2 aromatic rings. The Morgan fingerprint density at radius 3 is 2.52 bits per heavy atom. The molecule has 0 atom stereocenters. The summed E-state index contributed by atoms with van der Waals surface area (Å²) >= 11 is 0. The van der Waals surface area contributed by atoms with Gasteiger partial charge in [-0.3, -0.25) is 4.79 Å². The van der Waals surface area contributed by atoms with E-state index in [2.05, 4.69) is 10.2 Å². The zero-order valence-electron chi connectivity index (χ0n) is 12.0. The van der Waals surface area contributed by atoms with Crippen molar-refractivity contribution in [2.45, 2.75) is 18.9 Å². The molecule has 0 aliphatic carbocycles. The number of aromatic nitrogens is 3. The minimum Gasteiger partial charge on any atom is -0.496 e. The van der Waals surface area contributed by atoms with E-state index < -0.39 is 0 Å². The van der Waals surface area contributed by atoms with Crippen LogP contribution in [-0.2, 0) is 0 Å². The van der Waals surface area contributed by atoms with Crippen LogP contribution in [0.3, 0.4) is 0 Å². The number of likely N-dealkylation sites (tertiary alicyclic amines) is 1. The van der Waals surface area contributed by atoms with Crippen LogP contribution >= 0.6 is 0 Å². The van der Waals surface area contributed by atoms with Crippen molar-refractivity contribution < 1.29 is 9.53 Å². The van der Waals surface area contributed by atoms with Crippen molar-refractivity contribution in [3.8, 4) is 5.75 Å². The van der Waals surface area contributed by atoms with Crippen LogP contribution in [0.5, 0.6) is 5.75 Å². The standard InChI is InChI=1S/C15H18N4O2/c1-21-14-5-3-2-4-13(14)15(20)18-10-6-12(7-11-18)19-16-8-9-17-19/h2-5,8-9,12H,6-7,10-11H2,1H3. The van der Waals surface area contributed by atoms with Gasteiger partial charge in [-0.25, -0.2) is 0 Å². The van der Waals surface area contributed by atoms with Crippen molar-refractivity contribution in [2.24, 2.45) is 0 Å². The molecule has 1 amide bonds. The smallest absolute Gasteiger partial charge is 0.257 e. The molecule has 21 heavy (non-hydrogen) atoms. The first kappa shape index (κ1) is 13.6. The lowest BCUT2D eigenvalue weighted by Gasteiger charge is -2.31. The predicted molar refractivity (Wildman–Crippen MR) is 77.2 cm³/mol. The number of methoxy groups -OCH3 is 1. The van der Waals surface area contributed by atoms with Crippen LogP contribution in [-0.4, -0.2) is 46.0 Å². The fourth-order valence-electron chi connectivity index (χ4n) is 2.71. The van der Waals surface area contributed by atoms with Crippen LogP contribution < -0.4 is 4.74 Å². The molecule has 0 N–H and O–H groups in total. The summed E-state index contributed by atoms with van der Waals surface area (Å²) in [6.07, 6.45) is 5.11. The summed E-state index contributed by atoms with van der Waals surface area (Å²) in [6.45, 7) is 1.42. The molecular formula is C15H18N4O2. The second kappa shape index (κ2) is 5.95. The first-order valence-electron chi connectivity index (χ1n) is 7.07. The molecule has 0 bridgehead atoms. The number of rotatable bonds is 3. The molecule has 0 saturated carbocycles. The Hall–Kier alpha value is -2.37. The van der Waals surface area contributed by atoms with Gasteiger partial charge < -0.3 is 9.64 Å². The van der Waals surface area contributed by atoms with E-state index in [0.29, 0.717) is 24.4 Å². The van der Waals surface area contributed by atoms with Crippen molar-refractivity contribution in [2.75, 3.05) is 20.2 Å². The van der Waals surface area contributed by atoms with E-state index in [0.717, 1.165) is 12.8 Å². The van der Waals surface area contributed by atoms with Crippen molar-refractivity contribution in [1.82, 2.24) is 19.9 Å². The molecule has 110 valence electrons. The predicted octanol–water partition coefficient (Wildman–Crippen LogP) is 1.76. The van der Waals surface area contributed by atoms with E-state index in [4.69, 9.17) is 4.74 Å². The molecule has 1 fully saturated rings. The normalized spacial score (nSPS) is 16.0. The molecule has 0 radical (unpaired) electrons. The topological polar surface area (TPSA) is 60.2 Å². The Labute approximate surface area is 123 Å². The third-order valence-corrected chi connectivity index (χ3v) is 3.85. The summed E-state index contributed by atoms with van der Waals surface area (Å²) in [6, 6.07) is 7.62.